The van der Waals surface area contributed by atoms with Crippen molar-refractivity contribution in [2.45, 2.75) is 19.0 Å². The quantitative estimate of drug-likeness (QED) is 0.599. The lowest BCUT2D eigenvalue weighted by atomic mass is 9.94. The third-order valence-electron chi connectivity index (χ3n) is 4.90. The molecule has 0 aliphatic carbocycles. The summed E-state index contributed by atoms with van der Waals surface area (Å²) in [6.07, 6.45) is 0.497. The number of halogens is 1. The average molecular weight is 400 g/mol. The van der Waals surface area contributed by atoms with Crippen molar-refractivity contribution >= 4 is 23.5 Å². The van der Waals surface area contributed by atoms with Crippen LogP contribution in [0.3, 0.4) is 0 Å². The van der Waals surface area contributed by atoms with E-state index >= 15 is 0 Å². The van der Waals surface area contributed by atoms with Crippen LogP contribution >= 0.6 is 0 Å². The molecule has 0 saturated carbocycles. The first kappa shape index (κ1) is 20.5. The van der Waals surface area contributed by atoms with Crippen molar-refractivity contribution in [1.82, 2.24) is 5.32 Å². The SMILES string of the molecule is COC(=O)[C@@H]1Cc2ccccc2C[NH+]1CC(=O)NCC(=O)Nc1ccc(F)cc1. The van der Waals surface area contributed by atoms with Crippen molar-refractivity contribution in [2.24, 2.45) is 0 Å². The highest BCUT2D eigenvalue weighted by atomic mass is 19.1. The van der Waals surface area contributed by atoms with E-state index in [0.717, 1.165) is 16.0 Å². The second-order valence-electron chi connectivity index (χ2n) is 6.89. The lowest BCUT2D eigenvalue weighted by Gasteiger charge is -2.31. The molecule has 0 spiro atoms. The van der Waals surface area contributed by atoms with E-state index in [1.165, 1.54) is 31.4 Å². The number of esters is 1. The molecule has 0 fully saturated rings. The second-order valence-corrected chi connectivity index (χ2v) is 6.89. The van der Waals surface area contributed by atoms with Crippen LogP contribution in [0.1, 0.15) is 11.1 Å². The molecule has 3 rings (SSSR count). The van der Waals surface area contributed by atoms with E-state index in [1.54, 1.807) is 0 Å². The van der Waals surface area contributed by atoms with E-state index in [-0.39, 0.29) is 25.0 Å². The molecule has 1 aliphatic heterocycles. The Kier molecular flexibility index (Phi) is 6.56. The van der Waals surface area contributed by atoms with Gasteiger partial charge in [0.05, 0.1) is 13.7 Å². The molecule has 3 N–H and O–H groups in total. The minimum absolute atomic E-state index is 0.0396. The number of rotatable bonds is 6. The molecule has 1 heterocycles. The zero-order chi connectivity index (χ0) is 20.8. The van der Waals surface area contributed by atoms with Crippen molar-refractivity contribution in [3.63, 3.8) is 0 Å². The van der Waals surface area contributed by atoms with Gasteiger partial charge in [-0.3, -0.25) is 9.59 Å². The topological polar surface area (TPSA) is 88.9 Å². The van der Waals surface area contributed by atoms with Gasteiger partial charge in [-0.05, 0) is 29.8 Å². The predicted octanol–water partition coefficient (Wildman–Crippen LogP) is 0.0632. The van der Waals surface area contributed by atoms with Crippen LogP contribution in [0.2, 0.25) is 0 Å². The molecule has 1 aliphatic rings. The van der Waals surface area contributed by atoms with Gasteiger partial charge < -0.3 is 20.3 Å². The number of carbonyl (C=O) groups is 3. The maximum absolute atomic E-state index is 12.9. The van der Waals surface area contributed by atoms with Crippen LogP contribution < -0.4 is 15.5 Å². The number of quaternary nitrogens is 1. The maximum Gasteiger partial charge on any atom is 0.365 e. The lowest BCUT2D eigenvalue weighted by Crippen LogP contribution is -3.17. The Bertz CT molecular complexity index is 901. The van der Waals surface area contributed by atoms with Gasteiger partial charge >= 0.3 is 5.97 Å². The fraction of sp³-hybridized carbons (Fsp3) is 0.286. The molecular weight excluding hydrogens is 377 g/mol. The van der Waals surface area contributed by atoms with Gasteiger partial charge in [0, 0.05) is 17.7 Å². The highest BCUT2D eigenvalue weighted by Gasteiger charge is 2.37. The Labute approximate surface area is 167 Å². The molecule has 0 aromatic heterocycles. The third kappa shape index (κ3) is 5.39. The normalized spacial score (nSPS) is 17.7. The Morgan fingerprint density at radius 1 is 1.07 bits per heavy atom. The van der Waals surface area contributed by atoms with Gasteiger partial charge in [-0.25, -0.2) is 9.18 Å². The van der Waals surface area contributed by atoms with E-state index < -0.39 is 17.8 Å². The summed E-state index contributed by atoms with van der Waals surface area (Å²) < 4.78 is 17.8. The second kappa shape index (κ2) is 9.29. The summed E-state index contributed by atoms with van der Waals surface area (Å²) >= 11 is 0. The summed E-state index contributed by atoms with van der Waals surface area (Å²) in [6.45, 7) is 0.339. The molecular formula is C21H23FN3O4+. The van der Waals surface area contributed by atoms with Gasteiger partial charge in [-0.1, -0.05) is 24.3 Å². The summed E-state index contributed by atoms with van der Waals surface area (Å²) in [5.41, 5.74) is 2.60. The number of carbonyl (C=O) groups excluding carboxylic acids is 3. The molecule has 29 heavy (non-hydrogen) atoms. The minimum atomic E-state index is -0.478. The van der Waals surface area contributed by atoms with Crippen LogP contribution in [0.4, 0.5) is 10.1 Å². The van der Waals surface area contributed by atoms with E-state index in [4.69, 9.17) is 4.74 Å². The molecule has 152 valence electrons. The highest BCUT2D eigenvalue weighted by Crippen LogP contribution is 2.14. The van der Waals surface area contributed by atoms with Crippen molar-refractivity contribution in [1.29, 1.82) is 0 Å². The van der Waals surface area contributed by atoms with E-state index in [1.807, 2.05) is 24.3 Å². The molecule has 1 unspecified atom stereocenters. The van der Waals surface area contributed by atoms with E-state index in [9.17, 15) is 18.8 Å². The van der Waals surface area contributed by atoms with E-state index in [2.05, 4.69) is 10.6 Å². The van der Waals surface area contributed by atoms with Crippen LogP contribution in [0.5, 0.6) is 0 Å². The van der Waals surface area contributed by atoms with Crippen molar-refractivity contribution in [3.05, 3.63) is 65.5 Å². The molecule has 0 bridgehead atoms. The van der Waals surface area contributed by atoms with Crippen LogP contribution in [-0.2, 0) is 32.1 Å². The highest BCUT2D eigenvalue weighted by molar-refractivity contribution is 5.94. The number of methoxy groups -OCH3 is 1. The summed E-state index contributed by atoms with van der Waals surface area (Å²) in [4.78, 5) is 37.3. The zero-order valence-electron chi connectivity index (χ0n) is 16.0. The number of anilines is 1. The van der Waals surface area contributed by atoms with Crippen LogP contribution in [0, 0.1) is 5.82 Å². The summed E-state index contributed by atoms with van der Waals surface area (Å²) in [5, 5.41) is 5.14. The summed E-state index contributed by atoms with van der Waals surface area (Å²) in [7, 11) is 1.33. The predicted molar refractivity (Wildman–Crippen MR) is 104 cm³/mol. The number of hydrogen-bond donors (Lipinski definition) is 3. The van der Waals surface area contributed by atoms with Gasteiger partial charge in [0.1, 0.15) is 12.4 Å². The molecule has 2 aromatic rings. The molecule has 7 nitrogen and oxygen atoms in total. The zero-order valence-corrected chi connectivity index (χ0v) is 16.0. The van der Waals surface area contributed by atoms with E-state index in [0.29, 0.717) is 18.7 Å². The fourth-order valence-electron chi connectivity index (χ4n) is 3.43. The largest absolute Gasteiger partial charge is 0.465 e. The number of fused-ring (bicyclic) bond motifs is 1. The summed E-state index contributed by atoms with van der Waals surface area (Å²) in [6, 6.07) is 12.7. The van der Waals surface area contributed by atoms with Gasteiger partial charge in [0.2, 0.25) is 5.91 Å². The number of hydrogen-bond acceptors (Lipinski definition) is 4. The van der Waals surface area contributed by atoms with Crippen molar-refractivity contribution in [3.8, 4) is 0 Å². The molecule has 0 saturated heterocycles. The molecule has 2 amide bonds. The molecule has 8 heteroatoms. The maximum atomic E-state index is 12.9. The molecule has 2 atom stereocenters. The van der Waals surface area contributed by atoms with Gasteiger partial charge in [-0.2, -0.15) is 0 Å². The Balaban J connectivity index is 1.56. The van der Waals surface area contributed by atoms with Crippen LogP contribution in [0.15, 0.2) is 48.5 Å². The number of amides is 2. The Morgan fingerprint density at radius 2 is 1.76 bits per heavy atom. The first-order valence-electron chi connectivity index (χ1n) is 9.27. The van der Waals surface area contributed by atoms with Gasteiger partial charge in [0.15, 0.2) is 12.6 Å². The van der Waals surface area contributed by atoms with Crippen LogP contribution in [0.25, 0.3) is 0 Å². The van der Waals surface area contributed by atoms with Gasteiger partial charge in [0.25, 0.3) is 5.91 Å². The van der Waals surface area contributed by atoms with Crippen molar-refractivity contribution < 1.29 is 28.4 Å². The molecule has 2 aromatic carbocycles. The average Bonchev–Trinajstić information content (AvgIpc) is 2.73. The minimum Gasteiger partial charge on any atom is -0.465 e. The van der Waals surface area contributed by atoms with Crippen molar-refractivity contribution in [2.75, 3.05) is 25.5 Å². The Hall–Kier alpha value is -3.26. The first-order valence-corrected chi connectivity index (χ1v) is 9.27. The van der Waals surface area contributed by atoms with Gasteiger partial charge in [-0.15, -0.1) is 0 Å². The first-order chi connectivity index (χ1) is 14.0. The third-order valence-corrected chi connectivity index (χ3v) is 4.90. The monoisotopic (exact) mass is 400 g/mol. The number of nitrogens with one attached hydrogen (secondary N) is 3. The number of ether oxygens (including phenoxy) is 1. The van der Waals surface area contributed by atoms with Crippen LogP contribution in [-0.4, -0.2) is 44.0 Å². The fourth-order valence-corrected chi connectivity index (χ4v) is 3.43. The molecule has 0 radical (unpaired) electrons. The standard InChI is InChI=1S/C21H22FN3O4/c1-29-21(28)18-10-14-4-2-3-5-15(14)12-25(18)13-20(27)23-11-19(26)24-17-8-6-16(22)7-9-17/h2-9,18H,10-13H2,1H3,(H,23,27)(H,24,26)/p+1/t18-/m0/s1. The number of benzene rings is 2. The smallest absolute Gasteiger partial charge is 0.365 e. The lowest BCUT2D eigenvalue weighted by molar-refractivity contribution is -0.924. The summed E-state index contributed by atoms with van der Waals surface area (Å²) in [5.74, 6) is -1.53. The Morgan fingerprint density at radius 3 is 2.45 bits per heavy atom.